The molecule has 3 N–H and O–H groups in total. The molecule has 0 saturated heterocycles. The lowest BCUT2D eigenvalue weighted by atomic mass is 9.77. The number of carbonyl (C=O) groups is 1. The predicted molar refractivity (Wildman–Crippen MR) is 127 cm³/mol. The number of aromatic nitrogens is 2. The number of anilines is 1. The van der Waals surface area contributed by atoms with Gasteiger partial charge in [-0.3, -0.25) is 4.79 Å². The molecule has 3 unspecified atom stereocenters. The Hall–Kier alpha value is -2.54. The van der Waals surface area contributed by atoms with Crippen LogP contribution in [-0.2, 0) is 7.05 Å². The quantitative estimate of drug-likeness (QED) is 0.517. The van der Waals surface area contributed by atoms with Crippen molar-refractivity contribution in [2.24, 2.45) is 24.8 Å². The van der Waals surface area contributed by atoms with E-state index in [1.165, 1.54) is 18.2 Å². The van der Waals surface area contributed by atoms with Gasteiger partial charge in [-0.25, -0.2) is 18.2 Å². The van der Waals surface area contributed by atoms with Crippen LogP contribution < -0.4 is 5.32 Å². The number of hydrogen-bond acceptors (Lipinski definition) is 4. The van der Waals surface area contributed by atoms with Crippen molar-refractivity contribution in [1.29, 1.82) is 0 Å². The van der Waals surface area contributed by atoms with Crippen molar-refractivity contribution in [2.75, 3.05) is 5.32 Å². The van der Waals surface area contributed by atoms with Gasteiger partial charge in [-0.2, -0.15) is 0 Å². The summed E-state index contributed by atoms with van der Waals surface area (Å²) in [4.78, 5) is 17.5. The molecule has 3 aliphatic rings. The monoisotopic (exact) mass is 521 g/mol. The maximum Gasteiger partial charge on any atom is 0.274 e. The Bertz CT molecular complexity index is 1230. The highest BCUT2D eigenvalue weighted by Gasteiger charge is 2.50. The average Bonchev–Trinajstić information content (AvgIpc) is 3.44. The third-order valence-corrected chi connectivity index (χ3v) is 8.10. The maximum absolute atomic E-state index is 13.5. The average molecular weight is 522 g/mol. The highest BCUT2D eigenvalue weighted by atomic mass is 35.5. The summed E-state index contributed by atoms with van der Waals surface area (Å²) in [6.07, 6.45) is 1.99. The Balaban J connectivity index is 1.24. The van der Waals surface area contributed by atoms with E-state index in [0.717, 1.165) is 12.8 Å². The molecule has 0 radical (unpaired) electrons. The van der Waals surface area contributed by atoms with Crippen LogP contribution >= 0.6 is 11.6 Å². The molecule has 3 fully saturated rings. The number of rotatable bonds is 4. The van der Waals surface area contributed by atoms with Gasteiger partial charge in [-0.05, 0) is 55.7 Å². The summed E-state index contributed by atoms with van der Waals surface area (Å²) in [5, 5.41) is 23.7. The first-order valence-corrected chi connectivity index (χ1v) is 12.4. The Morgan fingerprint density at radius 1 is 1.25 bits per heavy atom. The molecule has 2 aromatic rings. The lowest BCUT2D eigenvalue weighted by Gasteiger charge is -2.36. The number of nitrogens with zero attached hydrogens (tertiary/aromatic N) is 2. The minimum absolute atomic E-state index is 0.0269. The minimum atomic E-state index is -2.73. The van der Waals surface area contributed by atoms with Gasteiger partial charge < -0.3 is 20.1 Å². The molecule has 1 aromatic heterocycles. The summed E-state index contributed by atoms with van der Waals surface area (Å²) < 4.78 is 41.2. The van der Waals surface area contributed by atoms with Gasteiger partial charge in [0, 0.05) is 37.4 Å². The SMILES string of the molecule is Cn1cnc(C2CC3CC(O)(C#CC(O)C4CC(F)(F)C4)CC3C2)c1C(=O)Nc1ccc(F)c(Cl)c1. The van der Waals surface area contributed by atoms with Crippen molar-refractivity contribution < 1.29 is 28.2 Å². The first-order chi connectivity index (χ1) is 16.9. The lowest BCUT2D eigenvalue weighted by Crippen LogP contribution is -2.41. The molecule has 36 heavy (non-hydrogen) atoms. The molecule has 1 amide bonds. The van der Waals surface area contributed by atoms with E-state index >= 15 is 0 Å². The van der Waals surface area contributed by atoms with E-state index in [1.807, 2.05) is 0 Å². The molecule has 1 heterocycles. The highest BCUT2D eigenvalue weighted by molar-refractivity contribution is 6.31. The molecule has 192 valence electrons. The molecule has 0 aliphatic heterocycles. The van der Waals surface area contributed by atoms with Gasteiger partial charge in [-0.15, -0.1) is 0 Å². The number of nitrogens with one attached hydrogen (secondary N) is 1. The lowest BCUT2D eigenvalue weighted by molar-refractivity contribution is -0.131. The van der Waals surface area contributed by atoms with Crippen molar-refractivity contribution in [3.05, 3.63) is 46.8 Å². The number of halogens is 4. The second-order valence-electron chi connectivity index (χ2n) is 10.5. The number of fused-ring (bicyclic) bond motifs is 1. The molecule has 0 bridgehead atoms. The molecule has 3 saturated carbocycles. The molecule has 6 nitrogen and oxygen atoms in total. The number of amides is 1. The molecule has 3 atom stereocenters. The van der Waals surface area contributed by atoms with Gasteiger partial charge in [0.15, 0.2) is 0 Å². The van der Waals surface area contributed by atoms with E-state index in [9.17, 15) is 28.2 Å². The fraction of sp³-hybridized carbons (Fsp3) is 0.538. The summed E-state index contributed by atoms with van der Waals surface area (Å²) in [6.45, 7) is 0. The summed E-state index contributed by atoms with van der Waals surface area (Å²) in [5.41, 5.74) is 0.211. The van der Waals surface area contributed by atoms with Crippen LogP contribution in [0.1, 0.15) is 60.6 Å². The van der Waals surface area contributed by atoms with Gasteiger partial charge in [0.05, 0.1) is 17.0 Å². The van der Waals surface area contributed by atoms with Crippen molar-refractivity contribution in [2.45, 2.75) is 62.1 Å². The van der Waals surface area contributed by atoms with E-state index < -0.39 is 29.4 Å². The Labute approximate surface area is 211 Å². The van der Waals surface area contributed by atoms with Crippen LogP contribution in [0.15, 0.2) is 24.5 Å². The number of imidazole rings is 1. The number of benzene rings is 1. The van der Waals surface area contributed by atoms with E-state index in [0.29, 0.717) is 29.9 Å². The predicted octanol–water partition coefficient (Wildman–Crippen LogP) is 4.51. The largest absolute Gasteiger partial charge is 0.380 e. The van der Waals surface area contributed by atoms with Crippen molar-refractivity contribution in [1.82, 2.24) is 9.55 Å². The normalized spacial score (nSPS) is 29.7. The third-order valence-electron chi connectivity index (χ3n) is 7.81. The number of carbonyl (C=O) groups excluding carboxylic acids is 1. The topological polar surface area (TPSA) is 87.4 Å². The van der Waals surface area contributed by atoms with Crippen LogP contribution in [0.3, 0.4) is 0 Å². The van der Waals surface area contributed by atoms with Crippen LogP contribution in [0.25, 0.3) is 0 Å². The summed E-state index contributed by atoms with van der Waals surface area (Å²) in [5.74, 6) is 1.54. The van der Waals surface area contributed by atoms with Crippen LogP contribution in [0.5, 0.6) is 0 Å². The zero-order valence-electron chi connectivity index (χ0n) is 19.6. The summed E-state index contributed by atoms with van der Waals surface area (Å²) in [6, 6.07) is 3.97. The number of hydrogen-bond donors (Lipinski definition) is 3. The zero-order chi connectivity index (χ0) is 25.8. The van der Waals surface area contributed by atoms with Gasteiger partial charge in [0.1, 0.15) is 23.2 Å². The van der Waals surface area contributed by atoms with Gasteiger partial charge in [0.2, 0.25) is 5.92 Å². The fourth-order valence-electron chi connectivity index (χ4n) is 6.03. The Morgan fingerprint density at radius 2 is 1.92 bits per heavy atom. The van der Waals surface area contributed by atoms with Crippen molar-refractivity contribution in [3.63, 3.8) is 0 Å². The van der Waals surface area contributed by atoms with Crippen LogP contribution in [-0.4, -0.2) is 43.3 Å². The number of aryl methyl sites for hydroxylation is 1. The number of aliphatic hydroxyl groups is 2. The summed E-state index contributed by atoms with van der Waals surface area (Å²) >= 11 is 5.82. The van der Waals surface area contributed by atoms with Gasteiger partial charge >= 0.3 is 0 Å². The third kappa shape index (κ3) is 4.86. The molecule has 3 aliphatic carbocycles. The molecule has 1 aromatic carbocycles. The molecule has 5 rings (SSSR count). The Kier molecular flexibility index (Phi) is 6.34. The molecular formula is C26H27ClF3N3O3. The fourth-order valence-corrected chi connectivity index (χ4v) is 6.21. The van der Waals surface area contributed by atoms with Gasteiger partial charge in [-0.1, -0.05) is 23.4 Å². The van der Waals surface area contributed by atoms with E-state index in [-0.39, 0.29) is 41.5 Å². The minimum Gasteiger partial charge on any atom is -0.380 e. The second-order valence-corrected chi connectivity index (χ2v) is 10.9. The maximum atomic E-state index is 13.5. The molecule has 0 spiro atoms. The van der Waals surface area contributed by atoms with Crippen LogP contribution in [0.2, 0.25) is 5.02 Å². The summed E-state index contributed by atoms with van der Waals surface area (Å²) in [7, 11) is 1.73. The smallest absolute Gasteiger partial charge is 0.274 e. The van der Waals surface area contributed by atoms with Crippen LogP contribution in [0.4, 0.5) is 18.9 Å². The van der Waals surface area contributed by atoms with E-state index in [2.05, 4.69) is 22.1 Å². The van der Waals surface area contributed by atoms with E-state index in [1.54, 1.807) is 17.9 Å². The molecular weight excluding hydrogens is 495 g/mol. The second kappa shape index (κ2) is 9.09. The van der Waals surface area contributed by atoms with Crippen LogP contribution in [0, 0.1) is 35.4 Å². The highest BCUT2D eigenvalue weighted by Crippen LogP contribution is 2.54. The standard InChI is InChI=1S/C26H27ClF3N3O3/c1-33-13-31-22(23(33)24(35)32-18-2-3-20(28)19(27)8-18)14-6-15-9-25(36,10-16(15)7-14)5-4-21(34)17-11-26(29,30)12-17/h2-3,8,13-17,21,34,36H,6-7,9-12H2,1H3,(H,32,35). The Morgan fingerprint density at radius 3 is 2.53 bits per heavy atom. The first-order valence-electron chi connectivity index (χ1n) is 12.0. The first kappa shape index (κ1) is 25.1. The number of aliphatic hydroxyl groups excluding tert-OH is 1. The van der Waals surface area contributed by atoms with Crippen molar-refractivity contribution >= 4 is 23.2 Å². The van der Waals surface area contributed by atoms with Crippen molar-refractivity contribution in [3.8, 4) is 11.8 Å². The molecule has 10 heteroatoms. The van der Waals surface area contributed by atoms with Gasteiger partial charge in [0.25, 0.3) is 5.91 Å². The van der Waals surface area contributed by atoms with E-state index in [4.69, 9.17) is 11.6 Å². The number of alkyl halides is 2. The zero-order valence-corrected chi connectivity index (χ0v) is 20.4.